The molecule has 10 heavy (non-hydrogen) atoms. The lowest BCUT2D eigenvalue weighted by Gasteiger charge is -2.06. The van der Waals surface area contributed by atoms with E-state index in [1.54, 1.807) is 4.68 Å². The van der Waals surface area contributed by atoms with Gasteiger partial charge in [0.15, 0.2) is 0 Å². The fourth-order valence-corrected chi connectivity index (χ4v) is 0.858. The summed E-state index contributed by atoms with van der Waals surface area (Å²) >= 11 is 4.83. The van der Waals surface area contributed by atoms with Crippen molar-refractivity contribution in [1.29, 1.82) is 0 Å². The quantitative estimate of drug-likeness (QED) is 0.589. The van der Waals surface area contributed by atoms with Gasteiger partial charge in [-0.3, -0.25) is 0 Å². The summed E-state index contributed by atoms with van der Waals surface area (Å²) in [6, 6.07) is 0.141. The van der Waals surface area contributed by atoms with Crippen molar-refractivity contribution in [2.45, 2.75) is 13.0 Å². The first kappa shape index (κ1) is 7.36. The lowest BCUT2D eigenvalue weighted by Crippen LogP contribution is -2.17. The molecule has 1 aromatic rings. The van der Waals surface area contributed by atoms with E-state index in [4.69, 9.17) is 18.0 Å². The molecule has 1 aromatic heterocycles. The van der Waals surface area contributed by atoms with Gasteiger partial charge in [-0.2, -0.15) is 5.21 Å². The monoisotopic (exact) mass is 159 g/mol. The van der Waals surface area contributed by atoms with Gasteiger partial charge in [0.25, 0.3) is 0 Å². The van der Waals surface area contributed by atoms with E-state index in [0.29, 0.717) is 11.3 Å². The van der Waals surface area contributed by atoms with Gasteiger partial charge in [-0.15, -0.1) is 0 Å². The van der Waals surface area contributed by atoms with Crippen LogP contribution in [-0.2, 0) is 0 Å². The minimum absolute atomic E-state index is 0.141. The molecule has 1 rings (SSSR count). The van der Waals surface area contributed by atoms with Gasteiger partial charge in [0.2, 0.25) is 4.77 Å². The molecule has 0 radical (unpaired) electrons. The van der Waals surface area contributed by atoms with Crippen LogP contribution >= 0.6 is 12.2 Å². The van der Waals surface area contributed by atoms with E-state index < -0.39 is 0 Å². The van der Waals surface area contributed by atoms with Crippen molar-refractivity contribution in [3.05, 3.63) is 4.77 Å². The summed E-state index contributed by atoms with van der Waals surface area (Å²) in [6.45, 7) is 2.47. The predicted molar refractivity (Wildman–Crippen MR) is 39.0 cm³/mol. The molecule has 5 nitrogen and oxygen atoms in total. The minimum atomic E-state index is 0.141. The fourth-order valence-electron chi connectivity index (χ4n) is 0.597. The van der Waals surface area contributed by atoms with Crippen LogP contribution in [0.3, 0.4) is 0 Å². The number of hydrogen-bond acceptors (Lipinski definition) is 4. The van der Waals surface area contributed by atoms with E-state index in [9.17, 15) is 0 Å². The second-order valence-electron chi connectivity index (χ2n) is 2.04. The normalized spacial score (nSPS) is 13.4. The molecule has 1 unspecified atom stereocenters. The molecule has 0 aliphatic heterocycles. The molecule has 0 aliphatic rings. The molecule has 56 valence electrons. The van der Waals surface area contributed by atoms with Gasteiger partial charge in [0.1, 0.15) is 0 Å². The number of tetrazole rings is 1. The van der Waals surface area contributed by atoms with Crippen LogP contribution in [0.1, 0.15) is 13.0 Å². The molecule has 3 N–H and O–H groups in total. The number of nitrogens with zero attached hydrogens (tertiary/aromatic N) is 3. The highest BCUT2D eigenvalue weighted by atomic mass is 32.1. The first-order chi connectivity index (χ1) is 4.75. The van der Waals surface area contributed by atoms with E-state index in [0.717, 1.165) is 0 Å². The molecule has 1 atom stereocenters. The number of nitrogens with one attached hydrogen (secondary N) is 1. The maximum Gasteiger partial charge on any atom is 0.238 e. The molecule has 0 spiro atoms. The molecule has 0 saturated carbocycles. The molecule has 0 bridgehead atoms. The van der Waals surface area contributed by atoms with E-state index in [1.807, 2.05) is 6.92 Å². The van der Waals surface area contributed by atoms with Gasteiger partial charge in [-0.1, -0.05) is 10.3 Å². The maximum absolute atomic E-state index is 5.39. The Morgan fingerprint density at radius 3 is 3.00 bits per heavy atom. The van der Waals surface area contributed by atoms with E-state index in [2.05, 4.69) is 15.5 Å². The van der Waals surface area contributed by atoms with Crippen LogP contribution in [0.25, 0.3) is 0 Å². The van der Waals surface area contributed by atoms with Crippen molar-refractivity contribution in [2.75, 3.05) is 6.54 Å². The zero-order valence-electron chi connectivity index (χ0n) is 5.61. The van der Waals surface area contributed by atoms with Crippen molar-refractivity contribution in [1.82, 2.24) is 20.2 Å². The average Bonchev–Trinajstić information content (AvgIpc) is 2.34. The molecule has 1 heterocycles. The Kier molecular flexibility index (Phi) is 2.13. The van der Waals surface area contributed by atoms with E-state index in [1.165, 1.54) is 0 Å². The second-order valence-corrected chi connectivity index (χ2v) is 2.40. The molecule has 0 saturated heterocycles. The summed E-state index contributed by atoms with van der Waals surface area (Å²) in [4.78, 5) is 0. The standard InChI is InChI=1S/C4H9N5S/c1-3(2-5)9-4(10)6-7-8-9/h3H,2,5H2,1H3,(H,6,8,10). The molecule has 0 aliphatic carbocycles. The number of aromatic amines is 1. The Balaban J connectivity index is 2.93. The van der Waals surface area contributed by atoms with Crippen molar-refractivity contribution in [2.24, 2.45) is 5.73 Å². The maximum atomic E-state index is 5.39. The zero-order valence-corrected chi connectivity index (χ0v) is 6.43. The topological polar surface area (TPSA) is 72.5 Å². The molecule has 0 amide bonds. The lowest BCUT2D eigenvalue weighted by molar-refractivity contribution is 0.480. The van der Waals surface area contributed by atoms with Gasteiger partial charge in [-0.25, -0.2) is 4.68 Å². The van der Waals surface area contributed by atoms with E-state index in [-0.39, 0.29) is 6.04 Å². The van der Waals surface area contributed by atoms with Crippen LogP contribution in [0.2, 0.25) is 0 Å². The van der Waals surface area contributed by atoms with Crippen molar-refractivity contribution in [3.8, 4) is 0 Å². The van der Waals surface area contributed by atoms with Crippen LogP contribution in [-0.4, -0.2) is 26.8 Å². The third-order valence-electron chi connectivity index (χ3n) is 1.28. The van der Waals surface area contributed by atoms with Gasteiger partial charge < -0.3 is 5.73 Å². The third-order valence-corrected chi connectivity index (χ3v) is 1.55. The predicted octanol–water partition coefficient (Wildman–Crippen LogP) is -0.145. The first-order valence-electron chi connectivity index (χ1n) is 2.95. The average molecular weight is 159 g/mol. The Hall–Kier alpha value is -0.750. The van der Waals surface area contributed by atoms with Crippen molar-refractivity contribution in [3.63, 3.8) is 0 Å². The first-order valence-corrected chi connectivity index (χ1v) is 3.36. The summed E-state index contributed by atoms with van der Waals surface area (Å²) in [5.41, 5.74) is 5.39. The van der Waals surface area contributed by atoms with Crippen LogP contribution in [0, 0.1) is 4.77 Å². The lowest BCUT2D eigenvalue weighted by atomic mass is 10.4. The highest BCUT2D eigenvalue weighted by Crippen LogP contribution is 1.98. The van der Waals surface area contributed by atoms with Crippen LogP contribution in [0.5, 0.6) is 0 Å². The summed E-state index contributed by atoms with van der Waals surface area (Å²) in [7, 11) is 0. The number of nitrogens with two attached hydrogens (primary N) is 1. The Morgan fingerprint density at radius 1 is 1.90 bits per heavy atom. The largest absolute Gasteiger partial charge is 0.328 e. The minimum Gasteiger partial charge on any atom is -0.328 e. The SMILES string of the molecule is CC(CN)n1[nH]nnc1=S. The van der Waals surface area contributed by atoms with Crippen LogP contribution in [0.4, 0.5) is 0 Å². The van der Waals surface area contributed by atoms with Gasteiger partial charge >= 0.3 is 0 Å². The van der Waals surface area contributed by atoms with Gasteiger partial charge in [0, 0.05) is 6.54 Å². The molecule has 6 heteroatoms. The smallest absolute Gasteiger partial charge is 0.238 e. The Morgan fingerprint density at radius 2 is 2.60 bits per heavy atom. The Labute approximate surface area is 63.2 Å². The van der Waals surface area contributed by atoms with Gasteiger partial charge in [-0.05, 0) is 19.1 Å². The second kappa shape index (κ2) is 2.89. The number of hydrogen-bond donors (Lipinski definition) is 2. The summed E-state index contributed by atoms with van der Waals surface area (Å²) in [5.74, 6) is 0. The molecular formula is C4H9N5S. The van der Waals surface area contributed by atoms with Crippen LogP contribution < -0.4 is 5.73 Å². The van der Waals surface area contributed by atoms with Crippen molar-refractivity contribution < 1.29 is 0 Å². The zero-order chi connectivity index (χ0) is 7.56. The number of H-pyrrole nitrogens is 1. The van der Waals surface area contributed by atoms with E-state index >= 15 is 0 Å². The van der Waals surface area contributed by atoms with Crippen LogP contribution in [0.15, 0.2) is 0 Å². The molecule has 0 aromatic carbocycles. The Bertz CT molecular complexity index is 250. The summed E-state index contributed by atoms with van der Waals surface area (Å²) in [5, 5.41) is 9.75. The van der Waals surface area contributed by atoms with Gasteiger partial charge in [0.05, 0.1) is 6.04 Å². The highest BCUT2D eigenvalue weighted by molar-refractivity contribution is 7.71. The van der Waals surface area contributed by atoms with Crippen molar-refractivity contribution >= 4 is 12.2 Å². The third kappa shape index (κ3) is 1.22. The number of aromatic nitrogens is 4. The fraction of sp³-hybridized carbons (Fsp3) is 0.750. The molecular weight excluding hydrogens is 150 g/mol. The highest BCUT2D eigenvalue weighted by Gasteiger charge is 2.02. The molecule has 0 fully saturated rings. The number of rotatable bonds is 2. The summed E-state index contributed by atoms with van der Waals surface area (Å²) < 4.78 is 2.09. The summed E-state index contributed by atoms with van der Waals surface area (Å²) in [6.07, 6.45) is 0.